The van der Waals surface area contributed by atoms with E-state index in [9.17, 15) is 0 Å². The van der Waals surface area contributed by atoms with Crippen molar-refractivity contribution in [3.63, 3.8) is 0 Å². The molecule has 0 bridgehead atoms. The lowest BCUT2D eigenvalue weighted by Crippen LogP contribution is -2.44. The summed E-state index contributed by atoms with van der Waals surface area (Å²) in [4.78, 5) is 0. The van der Waals surface area contributed by atoms with Crippen LogP contribution in [0.5, 0.6) is 0 Å². The van der Waals surface area contributed by atoms with Crippen molar-refractivity contribution in [2.24, 2.45) is 45.3 Å². The largest absolute Gasteiger partial charge is 0.374 e. The van der Waals surface area contributed by atoms with Gasteiger partial charge in [0.2, 0.25) is 0 Å². The Hall–Kier alpha value is -0.0400. The lowest BCUT2D eigenvalue weighted by molar-refractivity contribution is -0.0502. The van der Waals surface area contributed by atoms with Crippen molar-refractivity contribution in [2.45, 2.75) is 137 Å². The molecule has 7 unspecified atom stereocenters. The van der Waals surface area contributed by atoms with E-state index in [4.69, 9.17) is 4.74 Å². The fraction of sp³-hybridized carbons (Fsp3) is 1.00. The van der Waals surface area contributed by atoms with Crippen LogP contribution in [0.2, 0.25) is 0 Å². The summed E-state index contributed by atoms with van der Waals surface area (Å²) in [6.45, 7) is 15.1. The van der Waals surface area contributed by atoms with Gasteiger partial charge in [-0.2, -0.15) is 0 Å². The fourth-order valence-electron chi connectivity index (χ4n) is 9.98. The van der Waals surface area contributed by atoms with Crippen LogP contribution in [0.1, 0.15) is 125 Å². The minimum atomic E-state index is 0.432. The summed E-state index contributed by atoms with van der Waals surface area (Å²) in [5, 5.41) is 0. The Morgan fingerprint density at radius 3 is 2.23 bits per heavy atom. The zero-order valence-electron chi connectivity index (χ0n) is 21.1. The maximum Gasteiger partial charge on any atom is 0.0613 e. The maximum absolute atomic E-state index is 6.70. The van der Waals surface area contributed by atoms with Crippen LogP contribution in [0.15, 0.2) is 0 Å². The molecule has 5 fully saturated rings. The van der Waals surface area contributed by atoms with E-state index in [0.29, 0.717) is 29.0 Å². The van der Waals surface area contributed by atoms with Crippen LogP contribution >= 0.6 is 0 Å². The molecule has 30 heavy (non-hydrogen) atoms. The summed E-state index contributed by atoms with van der Waals surface area (Å²) in [6.07, 6.45) is 20.2. The van der Waals surface area contributed by atoms with E-state index in [0.717, 1.165) is 28.6 Å². The molecule has 2 spiro atoms. The van der Waals surface area contributed by atoms with Gasteiger partial charge < -0.3 is 4.74 Å². The average molecular weight is 415 g/mol. The van der Waals surface area contributed by atoms with Gasteiger partial charge in [0.05, 0.1) is 12.2 Å². The van der Waals surface area contributed by atoms with E-state index in [2.05, 4.69) is 41.5 Å². The van der Waals surface area contributed by atoms with Gasteiger partial charge in [0, 0.05) is 0 Å². The highest BCUT2D eigenvalue weighted by molar-refractivity contribution is 5.24. The molecule has 1 heteroatoms. The smallest absolute Gasteiger partial charge is 0.0613 e. The molecule has 0 aromatic rings. The highest BCUT2D eigenvalue weighted by Gasteiger charge is 2.75. The zero-order valence-corrected chi connectivity index (χ0v) is 21.1. The Balaban J connectivity index is 1.37. The molecule has 1 nitrogen and oxygen atoms in total. The minimum Gasteiger partial charge on any atom is -0.374 e. The van der Waals surface area contributed by atoms with Gasteiger partial charge in [0.1, 0.15) is 0 Å². The average Bonchev–Trinajstić information content (AvgIpc) is 3.05. The van der Waals surface area contributed by atoms with E-state index < -0.39 is 0 Å². The van der Waals surface area contributed by atoms with Crippen molar-refractivity contribution in [3.8, 4) is 0 Å². The second kappa shape index (κ2) is 7.23. The predicted octanol–water partition coefficient (Wildman–Crippen LogP) is 8.41. The first-order valence-electron chi connectivity index (χ1n) is 13.8. The molecule has 1 aliphatic heterocycles. The second-order valence-electron chi connectivity index (χ2n) is 14.2. The third-order valence-electron chi connectivity index (χ3n) is 11.7. The molecular weight excluding hydrogens is 364 g/mol. The van der Waals surface area contributed by atoms with Crippen LogP contribution in [-0.2, 0) is 4.74 Å². The molecule has 5 aliphatic rings. The summed E-state index contributed by atoms with van der Waals surface area (Å²) < 4.78 is 6.70. The first-order chi connectivity index (χ1) is 14.1. The van der Waals surface area contributed by atoms with Crippen molar-refractivity contribution in [1.29, 1.82) is 0 Å². The van der Waals surface area contributed by atoms with Gasteiger partial charge in [-0.15, -0.1) is 0 Å². The van der Waals surface area contributed by atoms with Crippen LogP contribution in [-0.4, -0.2) is 12.2 Å². The first kappa shape index (κ1) is 21.8. The normalized spacial score (nSPS) is 49.9. The van der Waals surface area contributed by atoms with Crippen LogP contribution in [0.25, 0.3) is 0 Å². The Morgan fingerprint density at radius 2 is 1.50 bits per heavy atom. The zero-order chi connectivity index (χ0) is 21.4. The van der Waals surface area contributed by atoms with Gasteiger partial charge >= 0.3 is 0 Å². The summed E-state index contributed by atoms with van der Waals surface area (Å²) in [5.74, 6) is 3.49. The molecule has 0 aromatic heterocycles. The van der Waals surface area contributed by atoms with E-state index in [1.807, 2.05) is 0 Å². The molecule has 4 saturated carbocycles. The molecule has 4 aliphatic carbocycles. The molecule has 1 saturated heterocycles. The number of ether oxygens (including phenoxy) is 1. The quantitative estimate of drug-likeness (QED) is 0.440. The van der Waals surface area contributed by atoms with Crippen LogP contribution in [0.3, 0.4) is 0 Å². The number of hydrogen-bond acceptors (Lipinski definition) is 1. The SMILES string of the molecule is CC(C)C1CCC(C2CCCC3CCC4C(C)(C)CCCC45CC35CCC2(C)C)O1. The maximum atomic E-state index is 6.70. The molecule has 172 valence electrons. The summed E-state index contributed by atoms with van der Waals surface area (Å²) >= 11 is 0. The highest BCUT2D eigenvalue weighted by atomic mass is 16.5. The van der Waals surface area contributed by atoms with E-state index >= 15 is 0 Å². The fourth-order valence-corrected chi connectivity index (χ4v) is 9.98. The van der Waals surface area contributed by atoms with E-state index in [1.54, 1.807) is 12.8 Å². The van der Waals surface area contributed by atoms with Gasteiger partial charge in [-0.1, -0.05) is 54.4 Å². The Labute approximate surface area is 187 Å². The summed E-state index contributed by atoms with van der Waals surface area (Å²) in [5.41, 5.74) is 2.48. The van der Waals surface area contributed by atoms with Gasteiger partial charge in [0.25, 0.3) is 0 Å². The highest BCUT2D eigenvalue weighted by Crippen LogP contribution is 2.83. The van der Waals surface area contributed by atoms with Gasteiger partial charge in [-0.05, 0) is 116 Å². The van der Waals surface area contributed by atoms with Crippen molar-refractivity contribution in [2.75, 3.05) is 0 Å². The predicted molar refractivity (Wildman–Crippen MR) is 126 cm³/mol. The van der Waals surface area contributed by atoms with E-state index in [1.165, 1.54) is 70.6 Å². The van der Waals surface area contributed by atoms with Crippen LogP contribution in [0.4, 0.5) is 0 Å². The van der Waals surface area contributed by atoms with Gasteiger partial charge in [-0.3, -0.25) is 0 Å². The van der Waals surface area contributed by atoms with Crippen LogP contribution < -0.4 is 0 Å². The van der Waals surface area contributed by atoms with Gasteiger partial charge in [0.15, 0.2) is 0 Å². The van der Waals surface area contributed by atoms with Crippen molar-refractivity contribution >= 4 is 0 Å². The lowest BCUT2D eigenvalue weighted by atomic mass is 9.52. The standard InChI is InChI=1S/C29H50O/c1-20(2)23-12-13-24(30-23)22-10-7-9-21-11-14-25-27(5,6)15-8-16-29(25)19-28(21,29)18-17-26(22,3)4/h20-25H,7-19H2,1-6H3. The lowest BCUT2D eigenvalue weighted by Gasteiger charge is -2.53. The molecule has 1 heterocycles. The molecule has 0 aromatic carbocycles. The molecule has 7 atom stereocenters. The third kappa shape index (κ3) is 3.18. The first-order valence-corrected chi connectivity index (χ1v) is 13.8. The second-order valence-corrected chi connectivity index (χ2v) is 14.2. The van der Waals surface area contributed by atoms with Crippen molar-refractivity contribution < 1.29 is 4.74 Å². The topological polar surface area (TPSA) is 9.23 Å². The number of hydrogen-bond donors (Lipinski definition) is 0. The molecule has 0 radical (unpaired) electrons. The van der Waals surface area contributed by atoms with Crippen molar-refractivity contribution in [3.05, 3.63) is 0 Å². The van der Waals surface area contributed by atoms with Crippen molar-refractivity contribution in [1.82, 2.24) is 0 Å². The third-order valence-corrected chi connectivity index (χ3v) is 11.7. The van der Waals surface area contributed by atoms with Gasteiger partial charge in [-0.25, -0.2) is 0 Å². The summed E-state index contributed by atoms with van der Waals surface area (Å²) in [6, 6.07) is 0. The Kier molecular flexibility index (Phi) is 5.25. The minimum absolute atomic E-state index is 0.432. The molecular formula is C29H50O. The van der Waals surface area contributed by atoms with E-state index in [-0.39, 0.29) is 0 Å². The van der Waals surface area contributed by atoms with Crippen LogP contribution in [0, 0.1) is 45.3 Å². The molecule has 0 amide bonds. The monoisotopic (exact) mass is 414 g/mol. The number of rotatable bonds is 2. The molecule has 5 rings (SSSR count). The molecule has 0 N–H and O–H groups in total. The Bertz CT molecular complexity index is 647. The Morgan fingerprint density at radius 1 is 0.700 bits per heavy atom. The summed E-state index contributed by atoms with van der Waals surface area (Å²) in [7, 11) is 0.